The minimum absolute atomic E-state index is 0. The van der Waals surface area contributed by atoms with Crippen molar-refractivity contribution in [1.29, 1.82) is 0 Å². The summed E-state index contributed by atoms with van der Waals surface area (Å²) >= 11 is 3.45. The second-order valence-electron chi connectivity index (χ2n) is 2.33. The topological polar surface area (TPSA) is 0 Å². The number of hydrogen-bond acceptors (Lipinski definition) is 0. The minimum Gasteiger partial charge on any atom is -0.478 e. The van der Waals surface area contributed by atoms with E-state index < -0.39 is 0 Å². The van der Waals surface area contributed by atoms with Crippen LogP contribution in [0.1, 0.15) is 6.42 Å². The summed E-state index contributed by atoms with van der Waals surface area (Å²) in [5.41, 5.74) is 0. The first-order valence-corrected chi connectivity index (χ1v) is 3.63. The summed E-state index contributed by atoms with van der Waals surface area (Å²) < 4.78 is 1.27. The molecule has 0 aliphatic heterocycles. The van der Waals surface area contributed by atoms with Crippen LogP contribution in [0, 0.1) is 17.9 Å². The number of halogens is 1. The van der Waals surface area contributed by atoms with Gasteiger partial charge in [0, 0.05) is 0 Å². The van der Waals surface area contributed by atoms with Crippen LogP contribution in [-0.2, 0) is 0 Å². The van der Waals surface area contributed by atoms with Crippen molar-refractivity contribution in [3.63, 3.8) is 0 Å². The molecule has 2 aliphatic rings. The number of fused-ring (bicyclic) bond motifs is 2. The standard InChI is InChI=1S/C7H6Br.K/c8-7-4-5-1-2-6(7)3-5;/h1-2,5-6H,3H2;/q-1;+1. The Balaban J connectivity index is 0.000000405. The van der Waals surface area contributed by atoms with Gasteiger partial charge in [-0.2, -0.15) is 10.4 Å². The number of allylic oxidation sites excluding steroid dienone is 4. The third-order valence-electron chi connectivity index (χ3n) is 1.73. The summed E-state index contributed by atoms with van der Waals surface area (Å²) in [7, 11) is 0. The molecule has 0 fully saturated rings. The summed E-state index contributed by atoms with van der Waals surface area (Å²) in [5.74, 6) is 1.31. The van der Waals surface area contributed by atoms with Crippen LogP contribution in [0.2, 0.25) is 0 Å². The maximum atomic E-state index is 3.45. The third-order valence-corrected chi connectivity index (χ3v) is 2.55. The van der Waals surface area contributed by atoms with Crippen LogP contribution in [0.25, 0.3) is 0 Å². The van der Waals surface area contributed by atoms with Gasteiger partial charge >= 0.3 is 51.4 Å². The van der Waals surface area contributed by atoms with Crippen molar-refractivity contribution in [2.75, 3.05) is 0 Å². The molecule has 0 saturated carbocycles. The van der Waals surface area contributed by atoms with Crippen molar-refractivity contribution in [3.05, 3.63) is 22.7 Å². The fourth-order valence-electron chi connectivity index (χ4n) is 1.28. The normalized spacial score (nSPS) is 36.3. The molecule has 2 rings (SSSR count). The molecule has 0 aromatic carbocycles. The first-order chi connectivity index (χ1) is 3.86. The largest absolute Gasteiger partial charge is 1.00 e. The fourth-order valence-corrected chi connectivity index (χ4v) is 1.91. The van der Waals surface area contributed by atoms with E-state index in [0.29, 0.717) is 11.8 Å². The summed E-state index contributed by atoms with van der Waals surface area (Å²) in [4.78, 5) is 0. The van der Waals surface area contributed by atoms with Crippen molar-refractivity contribution >= 4 is 15.9 Å². The zero-order valence-electron chi connectivity index (χ0n) is 5.39. The molecule has 0 aromatic rings. The molecular weight excluding hydrogens is 203 g/mol. The molecular formula is C7H6BrK. The maximum Gasteiger partial charge on any atom is 1.00 e. The summed E-state index contributed by atoms with van der Waals surface area (Å²) in [6, 6.07) is 0. The smallest absolute Gasteiger partial charge is 0.478 e. The Morgan fingerprint density at radius 1 is 1.56 bits per heavy atom. The SMILES string of the molecule is BrC1=[C-]C2C=CC1C2.[K+]. The van der Waals surface area contributed by atoms with Crippen LogP contribution in [0.15, 0.2) is 16.6 Å². The number of rotatable bonds is 0. The van der Waals surface area contributed by atoms with Crippen LogP contribution < -0.4 is 51.4 Å². The van der Waals surface area contributed by atoms with E-state index in [4.69, 9.17) is 0 Å². The average molecular weight is 209 g/mol. The van der Waals surface area contributed by atoms with Crippen molar-refractivity contribution in [2.45, 2.75) is 6.42 Å². The molecule has 2 bridgehead atoms. The fraction of sp³-hybridized carbons (Fsp3) is 0.429. The Hall–Kier alpha value is 1.60. The molecule has 42 valence electrons. The molecule has 0 spiro atoms. The predicted octanol–water partition coefficient (Wildman–Crippen LogP) is -0.722. The van der Waals surface area contributed by atoms with E-state index >= 15 is 0 Å². The van der Waals surface area contributed by atoms with Gasteiger partial charge in [-0.05, 0) is 5.92 Å². The van der Waals surface area contributed by atoms with Gasteiger partial charge in [0.2, 0.25) is 0 Å². The summed E-state index contributed by atoms with van der Waals surface area (Å²) in [5, 5.41) is 0. The molecule has 2 unspecified atom stereocenters. The Kier molecular flexibility index (Phi) is 3.21. The number of hydrogen-bond donors (Lipinski definition) is 0. The Bertz CT molecular complexity index is 172. The van der Waals surface area contributed by atoms with Crippen LogP contribution in [0.4, 0.5) is 0 Å². The molecule has 0 heterocycles. The molecule has 9 heavy (non-hydrogen) atoms. The van der Waals surface area contributed by atoms with Gasteiger partial charge in [-0.3, -0.25) is 0 Å². The predicted molar refractivity (Wildman–Crippen MR) is 36.4 cm³/mol. The van der Waals surface area contributed by atoms with E-state index in [0.717, 1.165) is 0 Å². The van der Waals surface area contributed by atoms with Crippen LogP contribution >= 0.6 is 15.9 Å². The van der Waals surface area contributed by atoms with E-state index in [-0.39, 0.29) is 51.4 Å². The molecule has 2 heteroatoms. The van der Waals surface area contributed by atoms with E-state index in [2.05, 4.69) is 34.2 Å². The second kappa shape index (κ2) is 3.33. The third kappa shape index (κ3) is 1.60. The van der Waals surface area contributed by atoms with E-state index in [9.17, 15) is 0 Å². The van der Waals surface area contributed by atoms with Gasteiger partial charge in [0.15, 0.2) is 0 Å². The van der Waals surface area contributed by atoms with Crippen LogP contribution in [0.5, 0.6) is 0 Å². The Morgan fingerprint density at radius 3 is 2.56 bits per heavy atom. The van der Waals surface area contributed by atoms with E-state index in [1.807, 2.05) is 0 Å². The van der Waals surface area contributed by atoms with Gasteiger partial charge in [-0.1, -0.05) is 28.4 Å². The van der Waals surface area contributed by atoms with Crippen molar-refractivity contribution in [2.24, 2.45) is 11.8 Å². The Labute approximate surface area is 106 Å². The van der Waals surface area contributed by atoms with Gasteiger partial charge in [0.25, 0.3) is 0 Å². The molecule has 2 atom stereocenters. The molecule has 0 radical (unpaired) electrons. The van der Waals surface area contributed by atoms with Crippen molar-refractivity contribution in [3.8, 4) is 0 Å². The minimum atomic E-state index is 0. The molecule has 0 N–H and O–H groups in total. The summed E-state index contributed by atoms with van der Waals surface area (Å²) in [6.45, 7) is 0. The maximum absolute atomic E-state index is 3.45. The van der Waals surface area contributed by atoms with Gasteiger partial charge in [-0.15, -0.1) is 6.08 Å². The molecule has 0 aromatic heterocycles. The second-order valence-corrected chi connectivity index (χ2v) is 3.18. The summed E-state index contributed by atoms with van der Waals surface area (Å²) in [6.07, 6.45) is 9.05. The van der Waals surface area contributed by atoms with E-state index in [1.54, 1.807) is 0 Å². The van der Waals surface area contributed by atoms with Gasteiger partial charge < -0.3 is 6.08 Å². The molecule has 0 nitrogen and oxygen atoms in total. The Morgan fingerprint density at radius 2 is 2.33 bits per heavy atom. The molecule has 2 aliphatic carbocycles. The van der Waals surface area contributed by atoms with Gasteiger partial charge in [0.1, 0.15) is 0 Å². The monoisotopic (exact) mass is 208 g/mol. The van der Waals surface area contributed by atoms with Crippen LogP contribution in [0.3, 0.4) is 0 Å². The molecule has 0 amide bonds. The first-order valence-electron chi connectivity index (χ1n) is 2.83. The molecule has 0 saturated heterocycles. The quantitative estimate of drug-likeness (QED) is 0.280. The zero-order chi connectivity index (χ0) is 5.56. The van der Waals surface area contributed by atoms with Gasteiger partial charge in [-0.25, -0.2) is 0 Å². The van der Waals surface area contributed by atoms with Crippen molar-refractivity contribution < 1.29 is 51.4 Å². The van der Waals surface area contributed by atoms with Crippen LogP contribution in [-0.4, -0.2) is 0 Å². The first kappa shape index (κ1) is 8.69. The zero-order valence-corrected chi connectivity index (χ0v) is 10.1. The van der Waals surface area contributed by atoms with Gasteiger partial charge in [0.05, 0.1) is 0 Å². The van der Waals surface area contributed by atoms with Crippen molar-refractivity contribution in [1.82, 2.24) is 0 Å². The average Bonchev–Trinajstić information content (AvgIpc) is 2.23. The van der Waals surface area contributed by atoms with E-state index in [1.165, 1.54) is 10.9 Å².